The molecule has 0 spiro atoms. The average molecular weight is 309 g/mol. The summed E-state index contributed by atoms with van der Waals surface area (Å²) in [7, 11) is 0. The van der Waals surface area contributed by atoms with Crippen molar-refractivity contribution < 1.29 is 14.6 Å². The number of carbonyl (C=O) groups is 1. The molecular formula is C16H23NO3S. The van der Waals surface area contributed by atoms with Crippen molar-refractivity contribution in [3.05, 3.63) is 29.8 Å². The van der Waals surface area contributed by atoms with Gasteiger partial charge in [0.05, 0.1) is 12.0 Å². The number of rotatable bonds is 5. The van der Waals surface area contributed by atoms with E-state index in [9.17, 15) is 4.79 Å². The SMILES string of the molecule is CC(C)(C)c1ccc(OCCC2NC(C(=O)O)CS2)cc1. The number of hydrogen-bond acceptors (Lipinski definition) is 4. The Morgan fingerprint density at radius 1 is 1.38 bits per heavy atom. The van der Waals surface area contributed by atoms with E-state index in [4.69, 9.17) is 9.84 Å². The highest BCUT2D eigenvalue weighted by atomic mass is 32.2. The van der Waals surface area contributed by atoms with E-state index >= 15 is 0 Å². The third-order valence-electron chi connectivity index (χ3n) is 3.52. The second kappa shape index (κ2) is 6.71. The Labute approximate surface area is 130 Å². The number of carboxylic acids is 1. The summed E-state index contributed by atoms with van der Waals surface area (Å²) in [6, 6.07) is 7.76. The molecule has 21 heavy (non-hydrogen) atoms. The van der Waals surface area contributed by atoms with Gasteiger partial charge in [-0.05, 0) is 23.1 Å². The van der Waals surface area contributed by atoms with Gasteiger partial charge in [-0.15, -0.1) is 11.8 Å². The zero-order valence-corrected chi connectivity index (χ0v) is 13.6. The van der Waals surface area contributed by atoms with Crippen LogP contribution in [0.1, 0.15) is 32.8 Å². The van der Waals surface area contributed by atoms with Gasteiger partial charge in [-0.25, -0.2) is 0 Å². The largest absolute Gasteiger partial charge is 0.494 e. The van der Waals surface area contributed by atoms with Gasteiger partial charge in [-0.2, -0.15) is 0 Å². The van der Waals surface area contributed by atoms with Crippen LogP contribution < -0.4 is 10.1 Å². The highest BCUT2D eigenvalue weighted by Gasteiger charge is 2.28. The normalized spacial score (nSPS) is 22.2. The molecule has 1 aliphatic heterocycles. The molecule has 0 aromatic heterocycles. The molecule has 2 N–H and O–H groups in total. The summed E-state index contributed by atoms with van der Waals surface area (Å²) in [5.41, 5.74) is 1.43. The first-order chi connectivity index (χ1) is 9.86. The topological polar surface area (TPSA) is 58.6 Å². The van der Waals surface area contributed by atoms with Crippen LogP contribution in [-0.2, 0) is 10.2 Å². The molecule has 5 heteroatoms. The Bertz CT molecular complexity index is 481. The molecule has 1 fully saturated rings. The molecule has 1 aromatic rings. The van der Waals surface area contributed by atoms with Gasteiger partial charge in [0.15, 0.2) is 0 Å². The first-order valence-corrected chi connectivity index (χ1v) is 8.25. The van der Waals surface area contributed by atoms with E-state index in [1.807, 2.05) is 12.1 Å². The summed E-state index contributed by atoms with van der Waals surface area (Å²) in [6.45, 7) is 7.14. The lowest BCUT2D eigenvalue weighted by Gasteiger charge is -2.19. The number of aliphatic carboxylic acids is 1. The van der Waals surface area contributed by atoms with Crippen molar-refractivity contribution >= 4 is 17.7 Å². The van der Waals surface area contributed by atoms with Gasteiger partial charge >= 0.3 is 5.97 Å². The Morgan fingerprint density at radius 2 is 2.05 bits per heavy atom. The highest BCUT2D eigenvalue weighted by molar-refractivity contribution is 8.00. The van der Waals surface area contributed by atoms with E-state index in [1.54, 1.807) is 11.8 Å². The van der Waals surface area contributed by atoms with Crippen molar-refractivity contribution in [2.24, 2.45) is 0 Å². The summed E-state index contributed by atoms with van der Waals surface area (Å²) in [5, 5.41) is 12.2. The fourth-order valence-corrected chi connectivity index (χ4v) is 3.36. The van der Waals surface area contributed by atoms with Crippen molar-refractivity contribution in [1.29, 1.82) is 0 Å². The molecule has 0 amide bonds. The van der Waals surface area contributed by atoms with Crippen molar-refractivity contribution in [2.45, 2.75) is 44.0 Å². The van der Waals surface area contributed by atoms with E-state index in [2.05, 4.69) is 38.2 Å². The van der Waals surface area contributed by atoms with Crippen LogP contribution in [0.25, 0.3) is 0 Å². The number of benzene rings is 1. The summed E-state index contributed by atoms with van der Waals surface area (Å²) in [6.07, 6.45) is 0.801. The molecule has 1 aromatic carbocycles. The third kappa shape index (κ3) is 4.64. The van der Waals surface area contributed by atoms with Crippen LogP contribution in [0.4, 0.5) is 0 Å². The van der Waals surface area contributed by atoms with Crippen LogP contribution in [-0.4, -0.2) is 34.9 Å². The van der Waals surface area contributed by atoms with Gasteiger partial charge < -0.3 is 9.84 Å². The summed E-state index contributed by atoms with van der Waals surface area (Å²) >= 11 is 1.65. The van der Waals surface area contributed by atoms with Gasteiger partial charge in [0.25, 0.3) is 0 Å². The Morgan fingerprint density at radius 3 is 2.57 bits per heavy atom. The first kappa shape index (κ1) is 16.2. The fourth-order valence-electron chi connectivity index (χ4n) is 2.18. The number of ether oxygens (including phenoxy) is 1. The minimum absolute atomic E-state index is 0.148. The molecule has 2 atom stereocenters. The summed E-state index contributed by atoms with van der Waals surface area (Å²) in [4.78, 5) is 10.8. The standard InChI is InChI=1S/C16H23NO3S/c1-16(2,3)11-4-6-12(7-5-11)20-9-8-14-17-13(10-21-14)15(18)19/h4-7,13-14,17H,8-10H2,1-3H3,(H,18,19). The smallest absolute Gasteiger partial charge is 0.321 e. The lowest BCUT2D eigenvalue weighted by molar-refractivity contribution is -0.138. The van der Waals surface area contributed by atoms with Crippen molar-refractivity contribution in [3.63, 3.8) is 0 Å². The zero-order valence-electron chi connectivity index (χ0n) is 12.8. The Balaban J connectivity index is 1.75. The third-order valence-corrected chi connectivity index (χ3v) is 4.82. The Kier molecular flexibility index (Phi) is 5.17. The van der Waals surface area contributed by atoms with Gasteiger partial charge in [0.2, 0.25) is 0 Å². The molecule has 0 bridgehead atoms. The molecular weight excluding hydrogens is 286 g/mol. The molecule has 1 saturated heterocycles. The van der Waals surface area contributed by atoms with E-state index in [1.165, 1.54) is 5.56 Å². The molecule has 4 nitrogen and oxygen atoms in total. The van der Waals surface area contributed by atoms with E-state index in [0.717, 1.165) is 12.2 Å². The van der Waals surface area contributed by atoms with Gasteiger partial charge in [0, 0.05) is 12.2 Å². The summed E-state index contributed by atoms with van der Waals surface area (Å²) < 4.78 is 5.73. The van der Waals surface area contributed by atoms with Gasteiger partial charge in [0.1, 0.15) is 11.8 Å². The molecule has 0 radical (unpaired) electrons. The van der Waals surface area contributed by atoms with Crippen LogP contribution in [0.5, 0.6) is 5.75 Å². The van der Waals surface area contributed by atoms with Gasteiger partial charge in [-0.1, -0.05) is 32.9 Å². The monoisotopic (exact) mass is 309 g/mol. The molecule has 1 aliphatic rings. The maximum atomic E-state index is 10.8. The molecule has 116 valence electrons. The van der Waals surface area contributed by atoms with Crippen LogP contribution in [0.3, 0.4) is 0 Å². The summed E-state index contributed by atoms with van der Waals surface area (Å²) in [5.74, 6) is 0.713. The molecule has 2 unspecified atom stereocenters. The number of nitrogens with one attached hydrogen (secondary N) is 1. The minimum atomic E-state index is -0.774. The first-order valence-electron chi connectivity index (χ1n) is 7.20. The molecule has 0 saturated carbocycles. The van der Waals surface area contributed by atoms with Crippen LogP contribution >= 0.6 is 11.8 Å². The van der Waals surface area contributed by atoms with E-state index in [0.29, 0.717) is 12.4 Å². The van der Waals surface area contributed by atoms with E-state index < -0.39 is 12.0 Å². The second-order valence-corrected chi connectivity index (χ2v) is 7.53. The van der Waals surface area contributed by atoms with Gasteiger partial charge in [-0.3, -0.25) is 10.1 Å². The lowest BCUT2D eigenvalue weighted by atomic mass is 9.87. The van der Waals surface area contributed by atoms with E-state index in [-0.39, 0.29) is 10.8 Å². The van der Waals surface area contributed by atoms with Crippen molar-refractivity contribution in [2.75, 3.05) is 12.4 Å². The van der Waals surface area contributed by atoms with Crippen LogP contribution in [0.2, 0.25) is 0 Å². The lowest BCUT2D eigenvalue weighted by Crippen LogP contribution is -2.36. The highest BCUT2D eigenvalue weighted by Crippen LogP contribution is 2.25. The molecule has 0 aliphatic carbocycles. The predicted octanol–water partition coefficient (Wildman–Crippen LogP) is 2.87. The maximum Gasteiger partial charge on any atom is 0.321 e. The molecule has 2 rings (SSSR count). The Hall–Kier alpha value is -1.20. The average Bonchev–Trinajstić information content (AvgIpc) is 2.87. The number of hydrogen-bond donors (Lipinski definition) is 2. The maximum absolute atomic E-state index is 10.8. The van der Waals surface area contributed by atoms with Crippen LogP contribution in [0.15, 0.2) is 24.3 Å². The second-order valence-electron chi connectivity index (χ2n) is 6.29. The van der Waals surface area contributed by atoms with Crippen LogP contribution in [0, 0.1) is 0 Å². The number of carboxylic acid groups (broad SMARTS) is 1. The zero-order chi connectivity index (χ0) is 15.5. The predicted molar refractivity (Wildman–Crippen MR) is 86.1 cm³/mol. The van der Waals surface area contributed by atoms with Crippen molar-refractivity contribution in [1.82, 2.24) is 5.32 Å². The quantitative estimate of drug-likeness (QED) is 0.876. The van der Waals surface area contributed by atoms with Crippen molar-refractivity contribution in [3.8, 4) is 5.75 Å². The minimum Gasteiger partial charge on any atom is -0.494 e. The fraction of sp³-hybridized carbons (Fsp3) is 0.562. The molecule has 1 heterocycles. The number of thioether (sulfide) groups is 1.